The van der Waals surface area contributed by atoms with Crippen molar-refractivity contribution in [1.29, 1.82) is 0 Å². The van der Waals surface area contributed by atoms with Crippen LogP contribution in [-0.2, 0) is 23.8 Å². The molecule has 2 amide bonds. The molecule has 0 aliphatic carbocycles. The normalized spacial score (nSPS) is 10.7. The molecule has 2 aromatic carbocycles. The van der Waals surface area contributed by atoms with Gasteiger partial charge in [0.1, 0.15) is 25.6 Å². The number of esters is 2. The van der Waals surface area contributed by atoms with Gasteiger partial charge in [-0.1, -0.05) is 37.5 Å². The van der Waals surface area contributed by atoms with Gasteiger partial charge in [-0.25, -0.2) is 19.2 Å². The highest BCUT2D eigenvalue weighted by atomic mass is 127. The van der Waals surface area contributed by atoms with E-state index in [4.69, 9.17) is 18.9 Å². The van der Waals surface area contributed by atoms with Gasteiger partial charge in [0, 0.05) is 53.5 Å². The highest BCUT2D eigenvalue weighted by Gasteiger charge is 2.13. The minimum Gasteiger partial charge on any atom is -0.461 e. The zero-order valence-corrected chi connectivity index (χ0v) is 24.7. The van der Waals surface area contributed by atoms with Crippen LogP contribution in [0.4, 0.5) is 15.3 Å². The van der Waals surface area contributed by atoms with Gasteiger partial charge in [-0.05, 0) is 49.4 Å². The predicted molar refractivity (Wildman–Crippen MR) is 155 cm³/mol. The number of nitrogens with one attached hydrogen (secondary N) is 2. The van der Waals surface area contributed by atoms with E-state index in [1.165, 1.54) is 15.0 Å². The number of rotatable bonds is 12. The Kier molecular flexibility index (Phi) is 13.7. The number of hydrogen-bond donors (Lipinski definition) is 2. The second kappa shape index (κ2) is 16.7. The molecule has 0 unspecified atom stereocenters. The molecule has 202 valence electrons. The Morgan fingerprint density at radius 3 is 2.50 bits per heavy atom. The van der Waals surface area contributed by atoms with Gasteiger partial charge in [-0.2, -0.15) is 0 Å². The van der Waals surface area contributed by atoms with Crippen molar-refractivity contribution in [2.45, 2.75) is 11.8 Å². The van der Waals surface area contributed by atoms with Gasteiger partial charge in [0.15, 0.2) is 0 Å². The van der Waals surface area contributed by atoms with Crippen LogP contribution in [0.25, 0.3) is 6.08 Å². The summed E-state index contributed by atoms with van der Waals surface area (Å²) < 4.78 is 21.1. The summed E-state index contributed by atoms with van der Waals surface area (Å²) in [6.07, 6.45) is 1.10. The van der Waals surface area contributed by atoms with Gasteiger partial charge in [0.25, 0.3) is 0 Å². The number of carbonyl (C=O) groups is 4. The van der Waals surface area contributed by atoms with E-state index in [1.54, 1.807) is 43.3 Å². The molecule has 10 nitrogen and oxygen atoms in total. The lowest BCUT2D eigenvalue weighted by molar-refractivity contribution is -0.140. The second-order valence-corrected chi connectivity index (χ2v) is 10.1. The molecule has 0 saturated heterocycles. The average molecular weight is 719 g/mol. The van der Waals surface area contributed by atoms with Gasteiger partial charge < -0.3 is 24.3 Å². The number of hydrogen-bond acceptors (Lipinski definition) is 9. The van der Waals surface area contributed by atoms with Crippen molar-refractivity contribution in [2.75, 3.05) is 31.7 Å². The summed E-state index contributed by atoms with van der Waals surface area (Å²) >= 11 is 5.42. The lowest BCUT2D eigenvalue weighted by Crippen LogP contribution is -2.30. The number of anilines is 1. The van der Waals surface area contributed by atoms with Crippen molar-refractivity contribution in [3.63, 3.8) is 0 Å². The molecule has 0 aromatic heterocycles. The first-order valence-electron chi connectivity index (χ1n) is 10.9. The van der Waals surface area contributed by atoms with Crippen molar-refractivity contribution in [1.82, 2.24) is 5.32 Å². The van der Waals surface area contributed by atoms with Crippen LogP contribution in [0.15, 0.2) is 70.1 Å². The van der Waals surface area contributed by atoms with Crippen LogP contribution < -0.4 is 15.4 Å². The maximum absolute atomic E-state index is 12.4. The van der Waals surface area contributed by atoms with Crippen molar-refractivity contribution >= 4 is 82.0 Å². The number of amides is 2. The number of halogens is 2. The summed E-state index contributed by atoms with van der Waals surface area (Å²) in [6, 6.07) is 12.1. The Labute approximate surface area is 244 Å². The average Bonchev–Trinajstić information content (AvgIpc) is 2.89. The van der Waals surface area contributed by atoms with Gasteiger partial charge in [0.05, 0.1) is 6.54 Å². The van der Waals surface area contributed by atoms with E-state index >= 15 is 0 Å². The van der Waals surface area contributed by atoms with Crippen LogP contribution in [0.1, 0.15) is 12.5 Å². The maximum atomic E-state index is 12.4. The van der Waals surface area contributed by atoms with E-state index < -0.39 is 24.1 Å². The smallest absolute Gasteiger partial charge is 0.412 e. The molecule has 0 aliphatic rings. The first kappa shape index (κ1) is 31.2. The molecular formula is C25H24BrIN2O8S. The van der Waals surface area contributed by atoms with Crippen molar-refractivity contribution in [2.24, 2.45) is 0 Å². The molecule has 0 fully saturated rings. The van der Waals surface area contributed by atoms with E-state index in [1.807, 2.05) is 6.07 Å². The van der Waals surface area contributed by atoms with Crippen LogP contribution in [0, 0.1) is 0 Å². The van der Waals surface area contributed by atoms with Crippen LogP contribution in [0.3, 0.4) is 0 Å². The highest BCUT2D eigenvalue weighted by molar-refractivity contribution is 14.2. The molecule has 0 radical (unpaired) electrons. The van der Waals surface area contributed by atoms with Gasteiger partial charge in [-0.3, -0.25) is 5.32 Å². The fourth-order valence-corrected chi connectivity index (χ4v) is 4.19. The third-order valence-electron chi connectivity index (χ3n) is 4.37. The van der Waals surface area contributed by atoms with E-state index in [2.05, 4.69) is 54.3 Å². The minimum atomic E-state index is -0.761. The molecular weight excluding hydrogens is 695 g/mol. The van der Waals surface area contributed by atoms with E-state index in [0.717, 1.165) is 15.4 Å². The molecule has 13 heteroatoms. The zero-order chi connectivity index (χ0) is 27.9. The summed E-state index contributed by atoms with van der Waals surface area (Å²) in [4.78, 5) is 48.4. The standard InChI is InChI=1S/C25H24BrIN2O8S/c1-3-22(30)34-10-9-28-24(32)37-21-8-7-20(38-27)14-17(21)13-16(2)23(31)35-11-12-36-25(33)29-19-6-4-5-18(26)15-19/h3-8,13-15H,1,9-12H2,2H3,(H,28,32)(H,29,33). The highest BCUT2D eigenvalue weighted by Crippen LogP contribution is 2.31. The van der Waals surface area contributed by atoms with Gasteiger partial charge in [-0.15, -0.1) is 0 Å². The fourth-order valence-electron chi connectivity index (χ4n) is 2.67. The number of benzene rings is 2. The maximum Gasteiger partial charge on any atom is 0.412 e. The van der Waals surface area contributed by atoms with E-state index in [-0.39, 0.29) is 37.7 Å². The Morgan fingerprint density at radius 1 is 1.03 bits per heavy atom. The third kappa shape index (κ3) is 11.6. The predicted octanol–water partition coefficient (Wildman–Crippen LogP) is 5.90. The second-order valence-electron chi connectivity index (χ2n) is 7.20. The van der Waals surface area contributed by atoms with Gasteiger partial charge in [0.2, 0.25) is 0 Å². The molecule has 0 bridgehead atoms. The van der Waals surface area contributed by atoms with Crippen LogP contribution in [0.5, 0.6) is 5.75 Å². The summed E-state index contributed by atoms with van der Waals surface area (Å²) in [5.74, 6) is -1.02. The molecule has 2 rings (SSSR count). The lowest BCUT2D eigenvalue weighted by atomic mass is 10.1. The first-order valence-corrected chi connectivity index (χ1v) is 15.1. The zero-order valence-electron chi connectivity index (χ0n) is 20.2. The van der Waals surface area contributed by atoms with Crippen molar-refractivity contribution in [3.8, 4) is 5.75 Å². The quantitative estimate of drug-likeness (QED) is 0.0906. The van der Waals surface area contributed by atoms with Crippen LogP contribution >= 0.6 is 46.1 Å². The topological polar surface area (TPSA) is 129 Å². The summed E-state index contributed by atoms with van der Waals surface area (Å²) in [5, 5.41) is 5.03. The summed E-state index contributed by atoms with van der Waals surface area (Å²) in [7, 11) is 1.44. The Hall–Kier alpha value is -3.04. The first-order chi connectivity index (χ1) is 18.2. The van der Waals surface area contributed by atoms with E-state index in [0.29, 0.717) is 11.3 Å². The Morgan fingerprint density at radius 2 is 1.79 bits per heavy atom. The molecule has 2 N–H and O–H groups in total. The number of ether oxygens (including phenoxy) is 4. The molecule has 0 heterocycles. The van der Waals surface area contributed by atoms with Gasteiger partial charge >= 0.3 is 24.1 Å². The SMILES string of the molecule is C=CC(=O)OCCNC(=O)Oc1ccc(SI)cc1C=C(C)C(=O)OCCOC(=O)Nc1cccc(Br)c1. The fraction of sp³-hybridized carbons (Fsp3) is 0.200. The summed E-state index contributed by atoms with van der Waals surface area (Å²) in [5.41, 5.74) is 1.26. The minimum absolute atomic E-state index is 0.0413. The molecule has 0 atom stereocenters. The molecule has 0 saturated carbocycles. The largest absolute Gasteiger partial charge is 0.461 e. The molecule has 38 heavy (non-hydrogen) atoms. The Bertz CT molecular complexity index is 1210. The lowest BCUT2D eigenvalue weighted by Gasteiger charge is -2.11. The Balaban J connectivity index is 1.89. The van der Waals surface area contributed by atoms with Crippen molar-refractivity contribution < 1.29 is 38.1 Å². The summed E-state index contributed by atoms with van der Waals surface area (Å²) in [6.45, 7) is 4.53. The van der Waals surface area contributed by atoms with E-state index in [9.17, 15) is 19.2 Å². The molecule has 0 aliphatic heterocycles. The molecule has 0 spiro atoms. The monoisotopic (exact) mass is 718 g/mol. The number of carbonyl (C=O) groups excluding carboxylic acids is 4. The van der Waals surface area contributed by atoms with Crippen molar-refractivity contribution in [3.05, 3.63) is 70.7 Å². The third-order valence-corrected chi connectivity index (χ3v) is 6.82. The van der Waals surface area contributed by atoms with Crippen LogP contribution in [0.2, 0.25) is 0 Å². The van der Waals surface area contributed by atoms with Crippen LogP contribution in [-0.4, -0.2) is 50.5 Å². The molecule has 2 aromatic rings.